The maximum atomic E-state index is 13.0. The number of nitrogens with zero attached hydrogens (tertiary/aromatic N) is 2. The Labute approximate surface area is 183 Å². The van der Waals surface area contributed by atoms with Crippen molar-refractivity contribution < 1.29 is 9.59 Å². The number of carbonyl (C=O) groups excluding carboxylic acids is 2. The molecular formula is C24H28ClN3O2. The molecule has 1 fully saturated rings. The van der Waals surface area contributed by atoms with E-state index in [-0.39, 0.29) is 11.9 Å². The Morgan fingerprint density at radius 3 is 2.47 bits per heavy atom. The first kappa shape index (κ1) is 20.7. The molecule has 0 unspecified atom stereocenters. The van der Waals surface area contributed by atoms with Crippen LogP contribution in [0.5, 0.6) is 0 Å². The Kier molecular flexibility index (Phi) is 4.85. The number of anilines is 2. The van der Waals surface area contributed by atoms with Crippen molar-refractivity contribution >= 4 is 35.3 Å². The van der Waals surface area contributed by atoms with Gasteiger partial charge in [0, 0.05) is 29.8 Å². The molecule has 0 spiro atoms. The van der Waals surface area contributed by atoms with Gasteiger partial charge in [-0.05, 0) is 69.5 Å². The van der Waals surface area contributed by atoms with E-state index in [1.54, 1.807) is 4.90 Å². The number of rotatable bonds is 5. The predicted molar refractivity (Wildman–Crippen MR) is 121 cm³/mol. The summed E-state index contributed by atoms with van der Waals surface area (Å²) in [4.78, 5) is 28.0. The number of benzene rings is 2. The molecule has 1 N–H and O–H groups in total. The van der Waals surface area contributed by atoms with Gasteiger partial charge in [-0.2, -0.15) is 0 Å². The Balaban J connectivity index is 1.75. The molecule has 4 rings (SSSR count). The largest absolute Gasteiger partial charge is 0.372 e. The zero-order valence-corrected chi connectivity index (χ0v) is 18.9. The molecule has 0 radical (unpaired) electrons. The third-order valence-electron chi connectivity index (χ3n) is 6.46. The summed E-state index contributed by atoms with van der Waals surface area (Å²) in [5.74, 6) is 0.126. The molecule has 5 nitrogen and oxygen atoms in total. The van der Waals surface area contributed by atoms with E-state index in [0.29, 0.717) is 18.1 Å². The van der Waals surface area contributed by atoms with E-state index in [1.165, 1.54) is 0 Å². The third-order valence-corrected chi connectivity index (χ3v) is 6.87. The lowest BCUT2D eigenvalue weighted by atomic mass is 9.80. The SMILES string of the molecule is Cc1c(Cl)cccc1C1(Nc2ccc3c(c2)N(C(C)C)C(=O)C3(C)C)CN(C=O)C1. The lowest BCUT2D eigenvalue weighted by Gasteiger charge is -2.50. The zero-order valence-electron chi connectivity index (χ0n) is 18.1. The summed E-state index contributed by atoms with van der Waals surface area (Å²) < 4.78 is 0. The minimum atomic E-state index is -0.538. The van der Waals surface area contributed by atoms with Gasteiger partial charge in [0.1, 0.15) is 0 Å². The highest BCUT2D eigenvalue weighted by molar-refractivity contribution is 6.31. The van der Waals surface area contributed by atoms with Crippen LogP contribution in [0.4, 0.5) is 11.4 Å². The molecule has 0 aromatic heterocycles. The molecule has 2 aliphatic heterocycles. The molecule has 1 saturated heterocycles. The van der Waals surface area contributed by atoms with E-state index in [2.05, 4.69) is 17.4 Å². The number of hydrogen-bond acceptors (Lipinski definition) is 3. The van der Waals surface area contributed by atoms with Crippen LogP contribution in [0.15, 0.2) is 36.4 Å². The molecular weight excluding hydrogens is 398 g/mol. The van der Waals surface area contributed by atoms with Gasteiger partial charge >= 0.3 is 0 Å². The van der Waals surface area contributed by atoms with Crippen LogP contribution in [0.1, 0.15) is 44.4 Å². The Morgan fingerprint density at radius 1 is 1.13 bits per heavy atom. The fourth-order valence-electron chi connectivity index (χ4n) is 4.82. The van der Waals surface area contributed by atoms with E-state index in [1.807, 2.05) is 63.8 Å². The number of likely N-dealkylation sites (tertiary alicyclic amines) is 1. The van der Waals surface area contributed by atoms with Crippen molar-refractivity contribution in [1.82, 2.24) is 4.90 Å². The van der Waals surface area contributed by atoms with Crippen molar-refractivity contribution in [3.05, 3.63) is 58.1 Å². The fourth-order valence-corrected chi connectivity index (χ4v) is 4.99. The molecule has 6 heteroatoms. The summed E-state index contributed by atoms with van der Waals surface area (Å²) in [5.41, 5.74) is 4.08. The van der Waals surface area contributed by atoms with Gasteiger partial charge in [0.05, 0.1) is 16.6 Å². The van der Waals surface area contributed by atoms with Gasteiger partial charge in [0.2, 0.25) is 12.3 Å². The summed E-state index contributed by atoms with van der Waals surface area (Å²) in [6, 6.07) is 12.1. The van der Waals surface area contributed by atoms with Crippen LogP contribution in [0.25, 0.3) is 0 Å². The number of fused-ring (bicyclic) bond motifs is 1. The number of hydrogen-bond donors (Lipinski definition) is 1. The fraction of sp³-hybridized carbons (Fsp3) is 0.417. The van der Waals surface area contributed by atoms with E-state index in [0.717, 1.165) is 34.5 Å². The molecule has 0 bridgehead atoms. The van der Waals surface area contributed by atoms with Crippen LogP contribution < -0.4 is 10.2 Å². The summed E-state index contributed by atoms with van der Waals surface area (Å²) in [6.45, 7) is 11.2. The summed E-state index contributed by atoms with van der Waals surface area (Å²) >= 11 is 6.40. The first-order valence-electron chi connectivity index (χ1n) is 10.3. The molecule has 30 heavy (non-hydrogen) atoms. The van der Waals surface area contributed by atoms with Crippen molar-refractivity contribution in [2.24, 2.45) is 0 Å². The number of halogens is 1. The number of nitrogens with one attached hydrogen (secondary N) is 1. The molecule has 2 aliphatic rings. The topological polar surface area (TPSA) is 52.7 Å². The minimum Gasteiger partial charge on any atom is -0.372 e. The van der Waals surface area contributed by atoms with Gasteiger partial charge in [0.25, 0.3) is 0 Å². The van der Waals surface area contributed by atoms with Crippen LogP contribution in [-0.2, 0) is 20.5 Å². The Bertz CT molecular complexity index is 1030. The van der Waals surface area contributed by atoms with Crippen molar-refractivity contribution in [3.8, 4) is 0 Å². The molecule has 2 aromatic rings. The first-order valence-corrected chi connectivity index (χ1v) is 10.7. The Hall–Kier alpha value is -2.53. The van der Waals surface area contributed by atoms with Gasteiger partial charge < -0.3 is 15.1 Å². The van der Waals surface area contributed by atoms with Crippen molar-refractivity contribution in [2.75, 3.05) is 23.3 Å². The lowest BCUT2D eigenvalue weighted by Crippen LogP contribution is -2.63. The minimum absolute atomic E-state index is 0.0756. The number of carbonyl (C=O) groups is 2. The predicted octanol–water partition coefficient (Wildman–Crippen LogP) is 4.46. The second kappa shape index (κ2) is 7.02. The second-order valence-corrected chi connectivity index (χ2v) is 9.66. The highest BCUT2D eigenvalue weighted by Crippen LogP contribution is 2.45. The zero-order chi connectivity index (χ0) is 21.8. The summed E-state index contributed by atoms with van der Waals surface area (Å²) in [7, 11) is 0. The molecule has 2 amide bonds. The first-order chi connectivity index (χ1) is 14.1. The van der Waals surface area contributed by atoms with E-state index < -0.39 is 11.0 Å². The smallest absolute Gasteiger partial charge is 0.237 e. The van der Waals surface area contributed by atoms with Crippen LogP contribution >= 0.6 is 11.6 Å². The molecule has 2 heterocycles. The molecule has 158 valence electrons. The average Bonchev–Trinajstić information content (AvgIpc) is 2.86. The monoisotopic (exact) mass is 425 g/mol. The summed E-state index contributed by atoms with van der Waals surface area (Å²) in [6.07, 6.45) is 0.879. The van der Waals surface area contributed by atoms with Crippen LogP contribution in [0.2, 0.25) is 5.02 Å². The van der Waals surface area contributed by atoms with Gasteiger partial charge in [-0.25, -0.2) is 0 Å². The highest BCUT2D eigenvalue weighted by atomic mass is 35.5. The van der Waals surface area contributed by atoms with E-state index >= 15 is 0 Å². The van der Waals surface area contributed by atoms with Gasteiger partial charge in [-0.15, -0.1) is 0 Å². The number of amides is 2. The molecule has 0 atom stereocenters. The van der Waals surface area contributed by atoms with Crippen LogP contribution in [0, 0.1) is 6.92 Å². The highest BCUT2D eigenvalue weighted by Gasteiger charge is 2.47. The second-order valence-electron chi connectivity index (χ2n) is 9.26. The van der Waals surface area contributed by atoms with Gasteiger partial charge in [-0.3, -0.25) is 9.59 Å². The average molecular weight is 426 g/mol. The molecule has 2 aromatic carbocycles. The van der Waals surface area contributed by atoms with Crippen molar-refractivity contribution in [3.63, 3.8) is 0 Å². The molecule has 0 saturated carbocycles. The van der Waals surface area contributed by atoms with Gasteiger partial charge in [-0.1, -0.05) is 29.8 Å². The third kappa shape index (κ3) is 2.99. The summed E-state index contributed by atoms with van der Waals surface area (Å²) in [5, 5.41) is 4.39. The van der Waals surface area contributed by atoms with E-state index in [9.17, 15) is 9.59 Å². The van der Waals surface area contributed by atoms with E-state index in [4.69, 9.17) is 11.6 Å². The maximum Gasteiger partial charge on any atom is 0.237 e. The van der Waals surface area contributed by atoms with Crippen LogP contribution in [-0.4, -0.2) is 36.3 Å². The van der Waals surface area contributed by atoms with Crippen molar-refractivity contribution in [2.45, 2.75) is 51.6 Å². The normalized spacial score (nSPS) is 19.0. The lowest BCUT2D eigenvalue weighted by molar-refractivity contribution is -0.124. The maximum absolute atomic E-state index is 13.0. The molecule has 0 aliphatic carbocycles. The standard InChI is InChI=1S/C24H28ClN3O2/c1-15(2)28-21-11-17(9-10-19(21)23(4,5)22(28)30)26-24(12-27(13-24)14-29)18-7-6-8-20(25)16(18)3/h6-11,14-15,26H,12-13H2,1-5H3. The van der Waals surface area contributed by atoms with Crippen molar-refractivity contribution in [1.29, 1.82) is 0 Å². The van der Waals surface area contributed by atoms with Gasteiger partial charge in [0.15, 0.2) is 0 Å². The Morgan fingerprint density at radius 2 is 1.83 bits per heavy atom. The quantitative estimate of drug-likeness (QED) is 0.719. The van der Waals surface area contributed by atoms with Crippen LogP contribution in [0.3, 0.4) is 0 Å².